The van der Waals surface area contributed by atoms with Gasteiger partial charge >= 0.3 is 0 Å². The number of ether oxygens (including phenoxy) is 1. The van der Waals surface area contributed by atoms with Gasteiger partial charge in [-0.2, -0.15) is 5.10 Å². The number of nitrogens with zero attached hydrogens (tertiary/aromatic N) is 2. The lowest BCUT2D eigenvalue weighted by Gasteiger charge is -2.05. The van der Waals surface area contributed by atoms with Gasteiger partial charge in [0.2, 0.25) is 0 Å². The maximum Gasteiger partial charge on any atom is 0.165 e. The van der Waals surface area contributed by atoms with Gasteiger partial charge in [-0.05, 0) is 37.0 Å². The van der Waals surface area contributed by atoms with Crippen molar-refractivity contribution in [2.75, 3.05) is 12.8 Å². The predicted octanol–water partition coefficient (Wildman–Crippen LogP) is 2.64. The molecule has 0 radical (unpaired) electrons. The fourth-order valence-corrected chi connectivity index (χ4v) is 1.97. The maximum absolute atomic E-state index is 13.5. The van der Waals surface area contributed by atoms with Crippen molar-refractivity contribution in [3.05, 3.63) is 42.0 Å². The third kappa shape index (κ3) is 3.71. The van der Waals surface area contributed by atoms with E-state index in [9.17, 15) is 4.39 Å². The van der Waals surface area contributed by atoms with E-state index in [0.29, 0.717) is 5.69 Å². The lowest BCUT2D eigenvalue weighted by molar-refractivity contribution is 0.386. The van der Waals surface area contributed by atoms with Crippen LogP contribution in [-0.4, -0.2) is 16.9 Å². The van der Waals surface area contributed by atoms with Gasteiger partial charge in [0.25, 0.3) is 0 Å². The van der Waals surface area contributed by atoms with E-state index in [1.54, 1.807) is 12.3 Å². The van der Waals surface area contributed by atoms with Crippen LogP contribution in [0.15, 0.2) is 30.6 Å². The van der Waals surface area contributed by atoms with E-state index < -0.39 is 0 Å². The molecule has 2 rings (SSSR count). The van der Waals surface area contributed by atoms with Crippen LogP contribution in [0, 0.1) is 5.82 Å². The molecule has 102 valence electrons. The van der Waals surface area contributed by atoms with Crippen molar-refractivity contribution in [3.63, 3.8) is 0 Å². The Morgan fingerprint density at radius 1 is 1.37 bits per heavy atom. The molecule has 4 nitrogen and oxygen atoms in total. The lowest BCUT2D eigenvalue weighted by atomic mass is 10.1. The van der Waals surface area contributed by atoms with Crippen LogP contribution < -0.4 is 10.5 Å². The van der Waals surface area contributed by atoms with Crippen LogP contribution in [0.5, 0.6) is 5.75 Å². The molecule has 0 saturated carbocycles. The second-order valence-electron chi connectivity index (χ2n) is 4.46. The third-order valence-corrected chi connectivity index (χ3v) is 2.97. The first kappa shape index (κ1) is 13.4. The molecule has 2 aromatic rings. The number of halogens is 1. The first-order valence-electron chi connectivity index (χ1n) is 6.29. The number of nitrogens with two attached hydrogens (primary N) is 1. The number of hydrogen-bond acceptors (Lipinski definition) is 3. The monoisotopic (exact) mass is 263 g/mol. The highest BCUT2D eigenvalue weighted by Gasteiger charge is 2.03. The van der Waals surface area contributed by atoms with Crippen molar-refractivity contribution in [1.82, 2.24) is 9.78 Å². The molecule has 0 fully saturated rings. The number of nitrogen functional groups attached to an aromatic ring is 1. The highest BCUT2D eigenvalue weighted by atomic mass is 19.1. The average Bonchev–Trinajstić information content (AvgIpc) is 2.81. The van der Waals surface area contributed by atoms with Gasteiger partial charge in [-0.1, -0.05) is 6.07 Å². The minimum absolute atomic E-state index is 0.288. The molecule has 0 aliphatic carbocycles. The maximum atomic E-state index is 13.5. The van der Waals surface area contributed by atoms with E-state index in [0.717, 1.165) is 31.4 Å². The minimum Gasteiger partial charge on any atom is -0.494 e. The smallest absolute Gasteiger partial charge is 0.165 e. The Morgan fingerprint density at radius 2 is 2.21 bits per heavy atom. The molecule has 0 spiro atoms. The Kier molecular flexibility index (Phi) is 4.39. The van der Waals surface area contributed by atoms with Crippen LogP contribution in [0.25, 0.3) is 0 Å². The zero-order chi connectivity index (χ0) is 13.7. The summed E-state index contributed by atoms with van der Waals surface area (Å²) in [5, 5.41) is 4.11. The topological polar surface area (TPSA) is 53.1 Å². The lowest BCUT2D eigenvalue weighted by Crippen LogP contribution is -1.99. The summed E-state index contributed by atoms with van der Waals surface area (Å²) < 4.78 is 20.2. The quantitative estimate of drug-likeness (QED) is 0.815. The summed E-state index contributed by atoms with van der Waals surface area (Å²) in [7, 11) is 1.47. The van der Waals surface area contributed by atoms with Gasteiger partial charge in [0, 0.05) is 12.7 Å². The Hall–Kier alpha value is -2.04. The Labute approximate surface area is 112 Å². The van der Waals surface area contributed by atoms with Crippen molar-refractivity contribution >= 4 is 5.69 Å². The highest BCUT2D eigenvalue weighted by molar-refractivity contribution is 5.30. The third-order valence-electron chi connectivity index (χ3n) is 2.97. The molecule has 19 heavy (non-hydrogen) atoms. The number of rotatable bonds is 6. The second kappa shape index (κ2) is 6.22. The van der Waals surface area contributed by atoms with Crippen LogP contribution >= 0.6 is 0 Å². The van der Waals surface area contributed by atoms with Gasteiger partial charge in [-0.15, -0.1) is 0 Å². The average molecular weight is 263 g/mol. The molecule has 0 atom stereocenters. The van der Waals surface area contributed by atoms with Gasteiger partial charge in [-0.25, -0.2) is 4.39 Å². The van der Waals surface area contributed by atoms with Gasteiger partial charge in [0.15, 0.2) is 11.6 Å². The number of unbranched alkanes of at least 4 members (excludes halogenated alkanes) is 1. The molecule has 1 aromatic carbocycles. The summed E-state index contributed by atoms with van der Waals surface area (Å²) in [5.74, 6) is -0.0179. The van der Waals surface area contributed by atoms with Gasteiger partial charge in [0.1, 0.15) is 0 Å². The van der Waals surface area contributed by atoms with Crippen LogP contribution in [0.3, 0.4) is 0 Å². The van der Waals surface area contributed by atoms with Crippen LogP contribution in [0.2, 0.25) is 0 Å². The van der Waals surface area contributed by atoms with Gasteiger partial charge < -0.3 is 10.5 Å². The fourth-order valence-electron chi connectivity index (χ4n) is 1.97. The Morgan fingerprint density at radius 3 is 2.84 bits per heavy atom. The number of aromatic nitrogens is 2. The van der Waals surface area contributed by atoms with E-state index in [2.05, 4.69) is 5.10 Å². The van der Waals surface area contributed by atoms with Crippen molar-refractivity contribution in [3.8, 4) is 5.75 Å². The van der Waals surface area contributed by atoms with E-state index in [4.69, 9.17) is 10.5 Å². The summed E-state index contributed by atoms with van der Waals surface area (Å²) in [4.78, 5) is 0. The molecule has 0 saturated heterocycles. The normalized spacial score (nSPS) is 10.6. The van der Waals surface area contributed by atoms with E-state index >= 15 is 0 Å². The highest BCUT2D eigenvalue weighted by Crippen LogP contribution is 2.18. The molecule has 0 aliphatic heterocycles. The molecular formula is C14H18FN3O. The molecule has 0 unspecified atom stereocenters. The standard InChI is InChI=1S/C14H18FN3O/c1-19-14-6-5-11(8-13(14)15)4-2-3-7-18-10-12(16)9-17-18/h5-6,8-10H,2-4,7,16H2,1H3. The van der Waals surface area contributed by atoms with Crippen LogP contribution in [0.1, 0.15) is 18.4 Å². The Balaban J connectivity index is 1.78. The zero-order valence-electron chi connectivity index (χ0n) is 11.0. The predicted molar refractivity (Wildman–Crippen MR) is 72.5 cm³/mol. The number of benzene rings is 1. The first-order valence-corrected chi connectivity index (χ1v) is 6.29. The summed E-state index contributed by atoms with van der Waals surface area (Å²) in [6.07, 6.45) is 6.25. The van der Waals surface area contributed by atoms with Crippen molar-refractivity contribution in [2.24, 2.45) is 0 Å². The largest absolute Gasteiger partial charge is 0.494 e. The van der Waals surface area contributed by atoms with Crippen molar-refractivity contribution < 1.29 is 9.13 Å². The van der Waals surface area contributed by atoms with Gasteiger partial charge in [0.05, 0.1) is 19.0 Å². The number of hydrogen-bond donors (Lipinski definition) is 1. The molecule has 2 N–H and O–H groups in total. The first-order chi connectivity index (χ1) is 9.19. The number of aryl methyl sites for hydroxylation is 2. The molecular weight excluding hydrogens is 245 g/mol. The summed E-state index contributed by atoms with van der Waals surface area (Å²) in [5.41, 5.74) is 7.24. The number of methoxy groups -OCH3 is 1. The summed E-state index contributed by atoms with van der Waals surface area (Å²) in [6.45, 7) is 0.829. The molecule has 0 aliphatic rings. The van der Waals surface area contributed by atoms with Crippen LogP contribution in [0.4, 0.5) is 10.1 Å². The van der Waals surface area contributed by atoms with Crippen molar-refractivity contribution in [2.45, 2.75) is 25.8 Å². The molecule has 5 heteroatoms. The molecule has 0 amide bonds. The summed E-state index contributed by atoms with van der Waals surface area (Å²) in [6, 6.07) is 5.09. The zero-order valence-corrected chi connectivity index (χ0v) is 11.0. The van der Waals surface area contributed by atoms with Crippen molar-refractivity contribution in [1.29, 1.82) is 0 Å². The van der Waals surface area contributed by atoms with Gasteiger partial charge in [-0.3, -0.25) is 4.68 Å². The van der Waals surface area contributed by atoms with E-state index in [1.807, 2.05) is 16.9 Å². The Bertz CT molecular complexity index is 539. The molecule has 0 bridgehead atoms. The van der Waals surface area contributed by atoms with Crippen LogP contribution in [-0.2, 0) is 13.0 Å². The van der Waals surface area contributed by atoms with E-state index in [-0.39, 0.29) is 11.6 Å². The SMILES string of the molecule is COc1ccc(CCCCn2cc(N)cn2)cc1F. The fraction of sp³-hybridized carbons (Fsp3) is 0.357. The second-order valence-corrected chi connectivity index (χ2v) is 4.46. The number of anilines is 1. The molecule has 1 aromatic heterocycles. The molecule has 1 heterocycles. The minimum atomic E-state index is -0.306. The van der Waals surface area contributed by atoms with E-state index in [1.165, 1.54) is 13.2 Å². The summed E-state index contributed by atoms with van der Waals surface area (Å²) >= 11 is 0.